The van der Waals surface area contributed by atoms with Gasteiger partial charge >= 0.3 is 12.2 Å². The number of benzene rings is 5. The molecule has 11 rings (SSSR count). The van der Waals surface area contributed by atoms with Crippen LogP contribution in [-0.4, -0.2) is 101 Å². The van der Waals surface area contributed by atoms with E-state index >= 15 is 0 Å². The molecule has 5 aromatic carbocycles. The first-order valence-electron chi connectivity index (χ1n) is 23.3. The largest absolute Gasteiger partial charge is 1.00 e. The molecule has 2 amide bonds. The molecule has 2 aliphatic rings. The summed E-state index contributed by atoms with van der Waals surface area (Å²) < 4.78 is 39.7. The molecule has 20 nitrogen and oxygen atoms in total. The number of aryl methyl sites for hydroxylation is 2. The van der Waals surface area contributed by atoms with Crippen molar-refractivity contribution in [2.75, 3.05) is 36.0 Å². The molecule has 0 spiro atoms. The second-order valence-electron chi connectivity index (χ2n) is 16.7. The van der Waals surface area contributed by atoms with E-state index in [4.69, 9.17) is 15.0 Å². The van der Waals surface area contributed by atoms with E-state index in [1.54, 1.807) is 68.8 Å². The number of ether oxygens (including phenoxy) is 2. The highest BCUT2D eigenvalue weighted by molar-refractivity contribution is 7.79. The maximum absolute atomic E-state index is 14.7. The van der Waals surface area contributed by atoms with Gasteiger partial charge in [-0.15, -0.1) is 20.4 Å². The molecular weight excluding hydrogens is 1020 g/mol. The first-order chi connectivity index (χ1) is 36.5. The predicted molar refractivity (Wildman–Crippen MR) is 277 cm³/mol. The molecular formula is C52H46ClF2N16O4P. The summed E-state index contributed by atoms with van der Waals surface area (Å²) in [5, 5.41) is 31.0. The summed E-state index contributed by atoms with van der Waals surface area (Å²) in [6.07, 6.45) is 1.13. The number of amides is 2. The molecule has 6 heterocycles. The van der Waals surface area contributed by atoms with Crippen LogP contribution in [0.3, 0.4) is 0 Å². The van der Waals surface area contributed by atoms with Crippen LogP contribution in [0, 0.1) is 11.6 Å². The lowest BCUT2D eigenvalue weighted by molar-refractivity contribution is -0.380. The van der Waals surface area contributed by atoms with Crippen LogP contribution < -0.4 is 43.9 Å². The SMILES string of the molecule is Cn1nnc(-c2ccc(-c3ccc(N4C[C@H](CN=[N+]=[N-])OC4=O)cc3F)cn2)n1.Cn1nnc(-c2ccc(-c3ccc(N4C[C@H](C[NH3+])OC4=O)cc3F)cn2)n1.[Cl-].c1ccc(P(c2ccccc2)c2ccccc2)cc1. The molecule has 384 valence electrons. The van der Waals surface area contributed by atoms with Crippen molar-refractivity contribution in [3.63, 3.8) is 0 Å². The maximum atomic E-state index is 14.7. The lowest BCUT2D eigenvalue weighted by Gasteiger charge is -2.18. The number of hydrogen-bond acceptors (Lipinski definition) is 13. The van der Waals surface area contributed by atoms with Crippen molar-refractivity contribution < 1.29 is 46.0 Å². The van der Waals surface area contributed by atoms with Crippen molar-refractivity contribution in [2.24, 2.45) is 19.2 Å². The van der Waals surface area contributed by atoms with Gasteiger partial charge in [-0.25, -0.2) is 18.4 Å². The fourth-order valence-corrected chi connectivity index (χ4v) is 10.3. The average Bonchev–Trinajstić information content (AvgIpc) is 4.26. The van der Waals surface area contributed by atoms with E-state index in [0.717, 1.165) is 0 Å². The number of pyridine rings is 2. The molecule has 0 unspecified atom stereocenters. The highest BCUT2D eigenvalue weighted by Gasteiger charge is 2.34. The molecule has 2 fully saturated rings. The van der Waals surface area contributed by atoms with Gasteiger partial charge in [0.1, 0.15) is 35.7 Å². The fraction of sp³-hybridized carbons (Fsp3) is 0.154. The standard InChI is InChI=1S/C18H15P.C17H14FN9O2.C17H16FN7O2.ClH/c1-4-10-16(11-5-1)19(17-12-6-2-7-13-17)18-14-8-3-9-15-18;1-26-23-16(22-25-26)15-5-2-10(7-20-15)13-4-3-11(6-14(13)18)27-9-12(8-21-24-19)29-17(27)28;1-24-22-16(21-23-24)15-5-2-10(8-20-15)13-4-3-11(6-14(13)18)25-9-12(7-19)27-17(25)26;/h1-15H;2-7,12H,8-9H2,1H3;2-6,8,12H,7,9,19H2,1H3;1H/t;2*12-;/m.00./s1. The predicted octanol–water partition coefficient (Wildman–Crippen LogP) is 3.81. The van der Waals surface area contributed by atoms with Gasteiger partial charge < -0.3 is 27.6 Å². The van der Waals surface area contributed by atoms with Gasteiger partial charge in [0, 0.05) is 39.6 Å². The van der Waals surface area contributed by atoms with Crippen molar-refractivity contribution in [1.82, 2.24) is 50.4 Å². The van der Waals surface area contributed by atoms with Gasteiger partial charge in [0.15, 0.2) is 6.10 Å². The summed E-state index contributed by atoms with van der Waals surface area (Å²) in [5.74, 6) is -0.198. The number of halogens is 3. The van der Waals surface area contributed by atoms with Crippen LogP contribution in [0.2, 0.25) is 0 Å². The lowest BCUT2D eigenvalue weighted by Crippen LogP contribution is -3.00. The van der Waals surface area contributed by atoms with E-state index in [1.807, 2.05) is 0 Å². The van der Waals surface area contributed by atoms with E-state index in [1.165, 1.54) is 53.6 Å². The summed E-state index contributed by atoms with van der Waals surface area (Å²) >= 11 is 0. The number of hydrogen-bond donors (Lipinski definition) is 1. The number of azide groups is 1. The van der Waals surface area contributed by atoms with Gasteiger partial charge in [0.25, 0.3) is 0 Å². The Balaban J connectivity index is 0.000000153. The minimum Gasteiger partial charge on any atom is -1.00 e. The molecule has 9 aromatic rings. The van der Waals surface area contributed by atoms with Gasteiger partial charge in [-0.3, -0.25) is 19.8 Å². The number of anilines is 2. The Kier molecular flexibility index (Phi) is 17.3. The van der Waals surface area contributed by atoms with Crippen LogP contribution in [0.25, 0.3) is 55.7 Å². The zero-order valence-electron chi connectivity index (χ0n) is 40.7. The van der Waals surface area contributed by atoms with Crippen molar-refractivity contribution >= 4 is 47.4 Å². The van der Waals surface area contributed by atoms with E-state index in [0.29, 0.717) is 69.8 Å². The molecule has 2 saturated heterocycles. The summed E-state index contributed by atoms with van der Waals surface area (Å²) in [6.45, 7) is 1.04. The van der Waals surface area contributed by atoms with Crippen molar-refractivity contribution in [1.29, 1.82) is 0 Å². The third kappa shape index (κ3) is 12.6. The summed E-state index contributed by atoms with van der Waals surface area (Å²) in [7, 11) is 2.87. The third-order valence-corrected chi connectivity index (χ3v) is 14.1. The Bertz CT molecular complexity index is 3360. The lowest BCUT2D eigenvalue weighted by atomic mass is 10.1. The topological polar surface area (TPSA) is 248 Å². The first-order valence-corrected chi connectivity index (χ1v) is 24.6. The second kappa shape index (κ2) is 24.8. The number of tetrazole rings is 2. The molecule has 4 aromatic heterocycles. The number of cyclic esters (lactones) is 2. The van der Waals surface area contributed by atoms with Crippen molar-refractivity contribution in [3.05, 3.63) is 186 Å². The molecule has 0 radical (unpaired) electrons. The first kappa shape index (κ1) is 53.2. The average molecular weight is 1060 g/mol. The molecule has 0 saturated carbocycles. The Morgan fingerprint density at radius 1 is 0.632 bits per heavy atom. The number of aromatic nitrogens is 10. The Hall–Kier alpha value is -9.07. The summed E-state index contributed by atoms with van der Waals surface area (Å²) in [5.41, 5.74) is 15.8. The number of carbonyl (C=O) groups excluding carboxylic acids is 2. The quantitative estimate of drug-likeness (QED) is 0.0795. The van der Waals surface area contributed by atoms with E-state index in [2.05, 4.69) is 148 Å². The molecule has 24 heteroatoms. The number of rotatable bonds is 12. The van der Waals surface area contributed by atoms with Gasteiger partial charge in [-0.1, -0.05) is 108 Å². The van der Waals surface area contributed by atoms with E-state index in [9.17, 15) is 18.4 Å². The fourth-order valence-electron chi connectivity index (χ4n) is 7.97. The second-order valence-corrected chi connectivity index (χ2v) is 18.9. The Morgan fingerprint density at radius 2 is 1.05 bits per heavy atom. The normalized spacial score (nSPS) is 14.6. The van der Waals surface area contributed by atoms with Gasteiger partial charge in [0.05, 0.1) is 45.1 Å². The van der Waals surface area contributed by atoms with Crippen molar-refractivity contribution in [2.45, 2.75) is 12.2 Å². The third-order valence-electron chi connectivity index (χ3n) is 11.6. The highest BCUT2D eigenvalue weighted by Crippen LogP contribution is 2.33. The molecule has 2 aliphatic heterocycles. The minimum atomic E-state index is -0.613. The number of nitrogens with zero attached hydrogens (tertiary/aromatic N) is 15. The number of carbonyl (C=O) groups is 2. The zero-order valence-corrected chi connectivity index (χ0v) is 42.4. The molecule has 0 bridgehead atoms. The Labute approximate surface area is 440 Å². The van der Waals surface area contributed by atoms with Crippen LogP contribution in [-0.2, 0) is 23.6 Å². The van der Waals surface area contributed by atoms with Crippen LogP contribution in [0.1, 0.15) is 0 Å². The Morgan fingerprint density at radius 3 is 1.39 bits per heavy atom. The number of quaternary nitrogens is 1. The monoisotopic (exact) mass is 1060 g/mol. The van der Waals surface area contributed by atoms with Gasteiger partial charge in [-0.05, 0) is 88.3 Å². The van der Waals surface area contributed by atoms with Crippen molar-refractivity contribution in [3.8, 4) is 45.3 Å². The van der Waals surface area contributed by atoms with Gasteiger partial charge in [-0.2, -0.15) is 9.59 Å². The van der Waals surface area contributed by atoms with Crippen LogP contribution in [0.4, 0.5) is 29.7 Å². The molecule has 0 aliphatic carbocycles. The van der Waals surface area contributed by atoms with E-state index < -0.39 is 37.8 Å². The van der Waals surface area contributed by atoms with Gasteiger partial charge in [0.2, 0.25) is 11.6 Å². The smallest absolute Gasteiger partial charge is 0.414 e. The highest BCUT2D eigenvalue weighted by atomic mass is 35.5. The zero-order chi connectivity index (χ0) is 52.3. The van der Waals surface area contributed by atoms with E-state index in [-0.39, 0.29) is 31.6 Å². The molecule has 76 heavy (non-hydrogen) atoms. The molecule has 2 atom stereocenters. The van der Waals surface area contributed by atoms with Crippen LogP contribution in [0.15, 0.2) is 169 Å². The van der Waals surface area contributed by atoms with Crippen LogP contribution >= 0.6 is 7.92 Å². The summed E-state index contributed by atoms with van der Waals surface area (Å²) in [4.78, 5) is 40.5. The minimum absolute atomic E-state index is 0. The molecule has 3 N–H and O–H groups in total. The maximum Gasteiger partial charge on any atom is 0.414 e. The summed E-state index contributed by atoms with van der Waals surface area (Å²) in [6, 6.07) is 48.2. The van der Waals surface area contributed by atoms with Crippen LogP contribution in [0.5, 0.6) is 0 Å².